The van der Waals surface area contributed by atoms with Crippen molar-refractivity contribution < 1.29 is 14.1 Å². The van der Waals surface area contributed by atoms with Crippen molar-refractivity contribution in [3.05, 3.63) is 0 Å². The van der Waals surface area contributed by atoms with Gasteiger partial charge < -0.3 is 19.9 Å². The molecule has 3 saturated carbocycles. The highest BCUT2D eigenvalue weighted by molar-refractivity contribution is 6.48. The van der Waals surface area contributed by atoms with E-state index >= 15 is 0 Å². The van der Waals surface area contributed by atoms with Crippen LogP contribution in [-0.2, 0) is 14.1 Å². The van der Waals surface area contributed by atoms with Crippen LogP contribution in [0.3, 0.4) is 0 Å². The Morgan fingerprint density at radius 2 is 2.12 bits per heavy atom. The summed E-state index contributed by atoms with van der Waals surface area (Å²) in [6, 6.07) is -0.424. The van der Waals surface area contributed by atoms with E-state index in [-0.39, 0.29) is 36.6 Å². The SMILES string of the molecule is CC[C@H](C)[C@H](N)C(=O)N1CCC[C@H]1B1O[C@@H]2[C@@H]3C[C@H](C[C@]2(C)O1)C3(C)C. The molecule has 5 aliphatic rings. The van der Waals surface area contributed by atoms with Crippen LogP contribution in [0.2, 0.25) is 0 Å². The molecule has 2 saturated heterocycles. The van der Waals surface area contributed by atoms with E-state index in [0.717, 1.165) is 38.1 Å². The summed E-state index contributed by atoms with van der Waals surface area (Å²) in [6.45, 7) is 11.9. The van der Waals surface area contributed by atoms with Gasteiger partial charge >= 0.3 is 7.12 Å². The quantitative estimate of drug-likeness (QED) is 0.781. The Labute approximate surface area is 158 Å². The number of carbonyl (C=O) groups is 1. The van der Waals surface area contributed by atoms with Crippen molar-refractivity contribution in [3.63, 3.8) is 0 Å². The third kappa shape index (κ3) is 2.59. The largest absolute Gasteiger partial charge is 0.481 e. The van der Waals surface area contributed by atoms with Crippen LogP contribution in [0.4, 0.5) is 0 Å². The van der Waals surface area contributed by atoms with E-state index in [2.05, 4.69) is 34.6 Å². The van der Waals surface area contributed by atoms with Crippen molar-refractivity contribution >= 4 is 13.0 Å². The summed E-state index contributed by atoms with van der Waals surface area (Å²) in [4.78, 5) is 14.9. The summed E-state index contributed by atoms with van der Waals surface area (Å²) in [5.74, 6) is 1.58. The number of hydrogen-bond donors (Lipinski definition) is 1. The first kappa shape index (κ1) is 18.8. The second kappa shape index (κ2) is 6.21. The molecule has 3 aliphatic carbocycles. The molecule has 146 valence electrons. The van der Waals surface area contributed by atoms with Crippen LogP contribution < -0.4 is 5.73 Å². The molecule has 5 fully saturated rings. The van der Waals surface area contributed by atoms with Gasteiger partial charge in [0.25, 0.3) is 0 Å². The maximum Gasteiger partial charge on any atom is 0.481 e. The molecule has 2 aliphatic heterocycles. The van der Waals surface area contributed by atoms with Gasteiger partial charge in [-0.05, 0) is 55.8 Å². The van der Waals surface area contributed by atoms with E-state index in [4.69, 9.17) is 15.0 Å². The smallest absolute Gasteiger partial charge is 0.404 e. The van der Waals surface area contributed by atoms with Gasteiger partial charge in [0.2, 0.25) is 5.91 Å². The molecular formula is C20H35BN2O3. The maximum absolute atomic E-state index is 13.0. The van der Waals surface area contributed by atoms with Crippen molar-refractivity contribution in [2.75, 3.05) is 6.54 Å². The van der Waals surface area contributed by atoms with E-state index in [1.807, 2.05) is 4.90 Å². The summed E-state index contributed by atoms with van der Waals surface area (Å²) in [7, 11) is -0.296. The van der Waals surface area contributed by atoms with Crippen LogP contribution in [-0.4, -0.2) is 48.2 Å². The van der Waals surface area contributed by atoms with Gasteiger partial charge in [0.05, 0.1) is 23.7 Å². The number of likely N-dealkylation sites (tertiary alicyclic amines) is 1. The van der Waals surface area contributed by atoms with E-state index in [1.54, 1.807) is 0 Å². The highest BCUT2D eigenvalue weighted by Gasteiger charge is 2.67. The normalized spacial score (nSPS) is 43.0. The van der Waals surface area contributed by atoms with E-state index in [9.17, 15) is 4.79 Å². The van der Waals surface area contributed by atoms with Gasteiger partial charge in [0, 0.05) is 6.54 Å². The Morgan fingerprint density at radius 1 is 1.38 bits per heavy atom. The van der Waals surface area contributed by atoms with Gasteiger partial charge in [0.15, 0.2) is 0 Å². The summed E-state index contributed by atoms with van der Waals surface area (Å²) in [6.07, 6.45) is 5.36. The molecule has 1 amide bonds. The molecule has 0 aromatic carbocycles. The molecule has 26 heavy (non-hydrogen) atoms. The average molecular weight is 362 g/mol. The number of amides is 1. The monoisotopic (exact) mass is 362 g/mol. The molecule has 0 aromatic heterocycles. The number of hydrogen-bond acceptors (Lipinski definition) is 4. The molecule has 0 unspecified atom stereocenters. The summed E-state index contributed by atoms with van der Waals surface area (Å²) in [5, 5.41) is 0. The fraction of sp³-hybridized carbons (Fsp3) is 0.950. The Hall–Kier alpha value is -0.585. The zero-order valence-corrected chi connectivity index (χ0v) is 17.0. The zero-order valence-electron chi connectivity index (χ0n) is 17.0. The van der Waals surface area contributed by atoms with Crippen LogP contribution in [0.5, 0.6) is 0 Å². The zero-order chi connectivity index (χ0) is 18.9. The number of rotatable bonds is 4. The molecule has 2 heterocycles. The number of carbonyl (C=O) groups excluding carboxylic acids is 1. The van der Waals surface area contributed by atoms with E-state index < -0.39 is 6.04 Å². The minimum atomic E-state index is -0.424. The third-order valence-electron chi connectivity index (χ3n) is 8.27. The molecule has 0 aromatic rings. The lowest BCUT2D eigenvalue weighted by Gasteiger charge is -2.63. The van der Waals surface area contributed by atoms with Gasteiger partial charge in [0.1, 0.15) is 0 Å². The molecule has 5 nitrogen and oxygen atoms in total. The average Bonchev–Trinajstić information content (AvgIpc) is 3.22. The van der Waals surface area contributed by atoms with Crippen LogP contribution >= 0.6 is 0 Å². The lowest BCUT2D eigenvalue weighted by Crippen LogP contribution is -2.63. The molecular weight excluding hydrogens is 327 g/mol. The first-order valence-electron chi connectivity index (χ1n) is 10.6. The van der Waals surface area contributed by atoms with Crippen LogP contribution in [0, 0.1) is 23.2 Å². The Morgan fingerprint density at radius 3 is 2.77 bits per heavy atom. The summed E-state index contributed by atoms with van der Waals surface area (Å²) < 4.78 is 13.0. The van der Waals surface area contributed by atoms with Crippen LogP contribution in [0.25, 0.3) is 0 Å². The van der Waals surface area contributed by atoms with Crippen LogP contribution in [0.15, 0.2) is 0 Å². The minimum absolute atomic E-state index is 0.0142. The fourth-order valence-corrected chi connectivity index (χ4v) is 5.95. The molecule has 0 spiro atoms. The van der Waals surface area contributed by atoms with Crippen molar-refractivity contribution in [2.45, 2.75) is 90.4 Å². The van der Waals surface area contributed by atoms with Gasteiger partial charge in [-0.25, -0.2) is 0 Å². The minimum Gasteiger partial charge on any atom is -0.404 e. The second-order valence-electron chi connectivity index (χ2n) is 10.1. The Bertz CT molecular complexity index is 585. The Kier molecular flexibility index (Phi) is 4.48. The highest BCUT2D eigenvalue weighted by atomic mass is 16.7. The lowest BCUT2D eigenvalue weighted by molar-refractivity contribution is -0.185. The predicted molar refractivity (Wildman–Crippen MR) is 102 cm³/mol. The van der Waals surface area contributed by atoms with E-state index in [1.165, 1.54) is 6.42 Å². The molecule has 2 N–H and O–H groups in total. The maximum atomic E-state index is 13.0. The predicted octanol–water partition coefficient (Wildman–Crippen LogP) is 2.62. The van der Waals surface area contributed by atoms with Crippen molar-refractivity contribution in [3.8, 4) is 0 Å². The third-order valence-corrected chi connectivity index (χ3v) is 8.27. The standard InChI is InChI=1S/C20H35BN2O3/c1-6-12(2)16(22)18(24)23-9-7-8-15(23)21-25-17-14-10-13(19(14,3)4)11-20(17,5)26-21/h12-17H,6-11,22H2,1-5H3/t12-,13+,14-,15-,16-,17+,20-/m0/s1. The van der Waals surface area contributed by atoms with Crippen molar-refractivity contribution in [2.24, 2.45) is 28.9 Å². The second-order valence-corrected chi connectivity index (χ2v) is 10.1. The molecule has 2 bridgehead atoms. The Balaban J connectivity index is 1.49. The highest BCUT2D eigenvalue weighted by Crippen LogP contribution is 2.64. The van der Waals surface area contributed by atoms with Gasteiger partial charge in [-0.15, -0.1) is 0 Å². The molecule has 6 heteroatoms. The first-order valence-corrected chi connectivity index (χ1v) is 10.6. The number of nitrogens with two attached hydrogens (primary N) is 1. The molecule has 7 atom stereocenters. The van der Waals surface area contributed by atoms with E-state index in [0.29, 0.717) is 11.3 Å². The van der Waals surface area contributed by atoms with Gasteiger partial charge in [-0.2, -0.15) is 0 Å². The lowest BCUT2D eigenvalue weighted by atomic mass is 9.45. The van der Waals surface area contributed by atoms with Gasteiger partial charge in [-0.3, -0.25) is 4.79 Å². The van der Waals surface area contributed by atoms with Crippen LogP contribution in [0.1, 0.15) is 66.7 Å². The molecule has 0 radical (unpaired) electrons. The summed E-state index contributed by atoms with van der Waals surface area (Å²) in [5.41, 5.74) is 6.41. The number of nitrogens with zero attached hydrogens (tertiary/aromatic N) is 1. The van der Waals surface area contributed by atoms with Gasteiger partial charge in [-0.1, -0.05) is 34.1 Å². The van der Waals surface area contributed by atoms with Crippen molar-refractivity contribution in [1.29, 1.82) is 0 Å². The molecule has 5 rings (SSSR count). The first-order chi connectivity index (χ1) is 12.2. The fourth-order valence-electron chi connectivity index (χ4n) is 5.95. The topological polar surface area (TPSA) is 64.8 Å². The summed E-state index contributed by atoms with van der Waals surface area (Å²) >= 11 is 0. The van der Waals surface area contributed by atoms with Crippen molar-refractivity contribution in [1.82, 2.24) is 4.90 Å².